The molecule has 7 nitrogen and oxygen atoms in total. The molecule has 0 saturated carbocycles. The van der Waals surface area contributed by atoms with Crippen molar-refractivity contribution >= 4 is 23.6 Å². The second kappa shape index (κ2) is 6.13. The molecule has 1 aliphatic rings. The molecule has 0 aromatic carbocycles. The van der Waals surface area contributed by atoms with Gasteiger partial charge in [-0.3, -0.25) is 24.2 Å². The number of ketones is 1. The Labute approximate surface area is 122 Å². The fourth-order valence-corrected chi connectivity index (χ4v) is 1.89. The van der Waals surface area contributed by atoms with Crippen LogP contribution in [0.25, 0.3) is 0 Å². The van der Waals surface area contributed by atoms with Crippen LogP contribution in [0.4, 0.5) is 4.79 Å². The molecule has 1 heterocycles. The number of nitriles is 1. The number of urea groups is 1. The molecule has 0 aliphatic carbocycles. The third-order valence-electron chi connectivity index (χ3n) is 3.16. The standard InChI is InChI=1S/C14H15N3O4/c1-5-8(2)10(9(18)6-7-15)11-12(19)16(3)14(21)17(4)13(11)20/h2,5-6H2,1,3-4H3. The molecule has 0 unspecified atom stereocenters. The zero-order valence-corrected chi connectivity index (χ0v) is 12.1. The Morgan fingerprint density at radius 3 is 2.05 bits per heavy atom. The van der Waals surface area contributed by atoms with Gasteiger partial charge in [0.2, 0.25) is 0 Å². The van der Waals surface area contributed by atoms with Crippen LogP contribution in [0.2, 0.25) is 0 Å². The Balaban J connectivity index is 3.57. The van der Waals surface area contributed by atoms with Crippen molar-refractivity contribution in [2.24, 2.45) is 0 Å². The van der Waals surface area contributed by atoms with Gasteiger partial charge in [-0.25, -0.2) is 4.79 Å². The summed E-state index contributed by atoms with van der Waals surface area (Å²) in [7, 11) is 2.43. The summed E-state index contributed by atoms with van der Waals surface area (Å²) in [6.45, 7) is 5.38. The third kappa shape index (κ3) is 2.74. The molecule has 0 aromatic rings. The van der Waals surface area contributed by atoms with Crippen molar-refractivity contribution in [3.8, 4) is 6.07 Å². The highest BCUT2D eigenvalue weighted by Crippen LogP contribution is 2.25. The zero-order chi connectivity index (χ0) is 16.3. The summed E-state index contributed by atoms with van der Waals surface area (Å²) in [4.78, 5) is 49.6. The van der Waals surface area contributed by atoms with E-state index in [1.165, 1.54) is 14.1 Å². The average Bonchev–Trinajstić information content (AvgIpc) is 2.46. The number of Topliss-reactive ketones (excluding diaryl/α,β-unsaturated/α-hetero) is 1. The van der Waals surface area contributed by atoms with Gasteiger partial charge in [-0.2, -0.15) is 5.26 Å². The Kier molecular flexibility index (Phi) is 4.76. The minimum atomic E-state index is -0.862. The van der Waals surface area contributed by atoms with Gasteiger partial charge in [0.1, 0.15) is 5.57 Å². The van der Waals surface area contributed by atoms with E-state index in [1.807, 2.05) is 0 Å². The highest BCUT2D eigenvalue weighted by molar-refractivity contribution is 6.32. The lowest BCUT2D eigenvalue weighted by atomic mass is 9.92. The Morgan fingerprint density at radius 2 is 1.67 bits per heavy atom. The third-order valence-corrected chi connectivity index (χ3v) is 3.16. The smallest absolute Gasteiger partial charge is 0.293 e. The maximum absolute atomic E-state index is 12.2. The summed E-state index contributed by atoms with van der Waals surface area (Å²) in [5.41, 5.74) is -0.296. The van der Waals surface area contributed by atoms with Crippen LogP contribution in [-0.4, -0.2) is 47.5 Å². The number of nitrogens with zero attached hydrogens (tertiary/aromatic N) is 3. The number of imide groups is 2. The molecule has 1 rings (SSSR count). The molecular formula is C14H15N3O4. The second-order valence-electron chi connectivity index (χ2n) is 4.48. The van der Waals surface area contributed by atoms with Crippen LogP contribution >= 0.6 is 0 Å². The van der Waals surface area contributed by atoms with Gasteiger partial charge in [-0.05, 0) is 12.0 Å². The molecule has 0 spiro atoms. The molecule has 110 valence electrons. The molecule has 0 N–H and O–H groups in total. The number of amides is 4. The average molecular weight is 289 g/mol. The summed E-state index contributed by atoms with van der Waals surface area (Å²) < 4.78 is 0. The molecule has 0 atom stereocenters. The monoisotopic (exact) mass is 289 g/mol. The van der Waals surface area contributed by atoms with Gasteiger partial charge in [0.15, 0.2) is 5.78 Å². The van der Waals surface area contributed by atoms with Gasteiger partial charge in [-0.15, -0.1) is 0 Å². The first-order chi connectivity index (χ1) is 9.77. The van der Waals surface area contributed by atoms with E-state index in [9.17, 15) is 19.2 Å². The number of barbiturate groups is 1. The van der Waals surface area contributed by atoms with Crippen LogP contribution in [0.5, 0.6) is 0 Å². The van der Waals surface area contributed by atoms with E-state index >= 15 is 0 Å². The van der Waals surface area contributed by atoms with Crippen molar-refractivity contribution in [1.82, 2.24) is 9.80 Å². The molecule has 4 amide bonds. The number of likely N-dealkylation sites (N-methyl/N-ethyl adjacent to an activating group) is 2. The first-order valence-corrected chi connectivity index (χ1v) is 6.20. The molecule has 1 fully saturated rings. The van der Waals surface area contributed by atoms with Gasteiger partial charge in [0.25, 0.3) is 11.8 Å². The highest BCUT2D eigenvalue weighted by Gasteiger charge is 2.41. The first kappa shape index (κ1) is 16.3. The van der Waals surface area contributed by atoms with Crippen molar-refractivity contribution in [2.75, 3.05) is 14.1 Å². The van der Waals surface area contributed by atoms with Gasteiger partial charge in [-0.1, -0.05) is 13.5 Å². The van der Waals surface area contributed by atoms with Crippen LogP contribution in [-0.2, 0) is 14.4 Å². The van der Waals surface area contributed by atoms with E-state index < -0.39 is 35.6 Å². The normalized spacial score (nSPS) is 15.1. The Hall–Kier alpha value is -2.75. The van der Waals surface area contributed by atoms with Crippen LogP contribution < -0.4 is 0 Å². The van der Waals surface area contributed by atoms with Crippen molar-refractivity contribution in [2.45, 2.75) is 19.8 Å². The number of hydrogen-bond donors (Lipinski definition) is 0. The van der Waals surface area contributed by atoms with Gasteiger partial charge < -0.3 is 0 Å². The predicted octanol–water partition coefficient (Wildman–Crippen LogP) is 0.782. The lowest BCUT2D eigenvalue weighted by Crippen LogP contribution is -2.53. The van der Waals surface area contributed by atoms with E-state index in [0.717, 1.165) is 9.80 Å². The van der Waals surface area contributed by atoms with E-state index in [4.69, 9.17) is 5.26 Å². The van der Waals surface area contributed by atoms with Crippen LogP contribution in [0, 0.1) is 11.3 Å². The quantitative estimate of drug-likeness (QED) is 0.562. The van der Waals surface area contributed by atoms with E-state index in [-0.39, 0.29) is 11.1 Å². The fourth-order valence-electron chi connectivity index (χ4n) is 1.89. The summed E-state index contributed by atoms with van der Waals surface area (Å²) in [6.07, 6.45) is -0.141. The number of carbonyl (C=O) groups excluding carboxylic acids is 4. The number of rotatable bonds is 4. The van der Waals surface area contributed by atoms with E-state index in [1.54, 1.807) is 13.0 Å². The highest BCUT2D eigenvalue weighted by atomic mass is 16.2. The summed E-state index contributed by atoms with van der Waals surface area (Å²) >= 11 is 0. The molecule has 1 saturated heterocycles. The Morgan fingerprint density at radius 1 is 1.19 bits per heavy atom. The topological polar surface area (TPSA) is 98.6 Å². The summed E-state index contributed by atoms with van der Waals surface area (Å²) in [6, 6.07) is 0.910. The number of hydrogen-bond acceptors (Lipinski definition) is 5. The molecule has 21 heavy (non-hydrogen) atoms. The fraction of sp³-hybridized carbons (Fsp3) is 0.357. The van der Waals surface area contributed by atoms with Crippen LogP contribution in [0.15, 0.2) is 23.3 Å². The summed E-state index contributed by atoms with van der Waals surface area (Å²) in [5, 5.41) is 8.65. The van der Waals surface area contributed by atoms with Gasteiger partial charge >= 0.3 is 6.03 Å². The van der Waals surface area contributed by atoms with E-state index in [2.05, 4.69) is 6.58 Å². The molecular weight excluding hydrogens is 274 g/mol. The molecule has 7 heteroatoms. The Bertz CT molecular complexity index is 599. The second-order valence-corrected chi connectivity index (χ2v) is 4.48. The number of allylic oxidation sites excluding steroid dienone is 2. The van der Waals surface area contributed by atoms with Crippen molar-refractivity contribution < 1.29 is 19.2 Å². The van der Waals surface area contributed by atoms with Gasteiger partial charge in [0, 0.05) is 19.7 Å². The zero-order valence-electron chi connectivity index (χ0n) is 12.1. The SMILES string of the molecule is C=C(CC)C(C(=O)CC#N)=C1C(=O)N(C)C(=O)N(C)C1=O. The maximum atomic E-state index is 12.2. The maximum Gasteiger partial charge on any atom is 0.333 e. The van der Waals surface area contributed by atoms with E-state index in [0.29, 0.717) is 6.42 Å². The van der Waals surface area contributed by atoms with Crippen LogP contribution in [0.1, 0.15) is 19.8 Å². The molecule has 0 bridgehead atoms. The molecule has 1 aliphatic heterocycles. The van der Waals surface area contributed by atoms with Crippen molar-refractivity contribution in [3.63, 3.8) is 0 Å². The van der Waals surface area contributed by atoms with Gasteiger partial charge in [0.05, 0.1) is 12.5 Å². The number of carbonyl (C=O) groups is 4. The molecule has 0 aromatic heterocycles. The largest absolute Gasteiger partial charge is 0.333 e. The minimum absolute atomic E-state index is 0.166. The first-order valence-electron chi connectivity index (χ1n) is 6.20. The molecule has 0 radical (unpaired) electrons. The lowest BCUT2D eigenvalue weighted by molar-refractivity contribution is -0.135. The lowest BCUT2D eigenvalue weighted by Gasteiger charge is -2.30. The minimum Gasteiger partial charge on any atom is -0.293 e. The predicted molar refractivity (Wildman–Crippen MR) is 72.6 cm³/mol. The van der Waals surface area contributed by atoms with Crippen LogP contribution in [0.3, 0.4) is 0 Å². The van der Waals surface area contributed by atoms with Crippen molar-refractivity contribution in [3.05, 3.63) is 23.3 Å². The van der Waals surface area contributed by atoms with Crippen molar-refractivity contribution in [1.29, 1.82) is 5.26 Å². The summed E-state index contributed by atoms with van der Waals surface area (Å²) in [5.74, 6) is -2.38.